The number of aliphatic hydroxyl groups is 1. The van der Waals surface area contributed by atoms with Crippen LogP contribution in [0, 0.1) is 13.8 Å². The minimum atomic E-state index is -0.938. The smallest absolute Gasteiger partial charge is 0.335 e. The molecule has 3 aromatic carbocycles. The summed E-state index contributed by atoms with van der Waals surface area (Å²) in [7, 11) is 0. The van der Waals surface area contributed by atoms with Crippen molar-refractivity contribution in [2.75, 3.05) is 6.54 Å². The lowest BCUT2D eigenvalue weighted by atomic mass is 9.96. The lowest BCUT2D eigenvalue weighted by Crippen LogP contribution is -2.33. The second-order valence-corrected chi connectivity index (χ2v) is 10.0. The number of hydrogen-bond acceptors (Lipinski definition) is 3. The monoisotopic (exact) mass is 517 g/mol. The molecule has 1 aliphatic rings. The van der Waals surface area contributed by atoms with Crippen molar-refractivity contribution in [3.05, 3.63) is 106 Å². The molecule has 4 rings (SSSR count). The van der Waals surface area contributed by atoms with Crippen LogP contribution >= 0.6 is 11.6 Å². The van der Waals surface area contributed by atoms with Crippen LogP contribution < -0.4 is 0 Å². The van der Waals surface area contributed by atoms with Gasteiger partial charge in [0.2, 0.25) is 5.91 Å². The number of amides is 1. The molecule has 192 valence electrons. The van der Waals surface area contributed by atoms with Gasteiger partial charge in [-0.1, -0.05) is 66.2 Å². The highest BCUT2D eigenvalue weighted by Gasteiger charge is 2.28. The van der Waals surface area contributed by atoms with Crippen molar-refractivity contribution in [1.29, 1.82) is 0 Å². The molecule has 5 nitrogen and oxygen atoms in total. The number of likely N-dealkylation sites (tertiary alicyclic amines) is 1. The van der Waals surface area contributed by atoms with E-state index in [4.69, 9.17) is 16.7 Å². The highest BCUT2D eigenvalue weighted by molar-refractivity contribution is 6.32. The molecule has 2 atom stereocenters. The Balaban J connectivity index is 1.39. The number of rotatable bonds is 9. The maximum atomic E-state index is 12.5. The first-order chi connectivity index (χ1) is 17.7. The Labute approximate surface area is 223 Å². The molecule has 1 amide bonds. The normalized spacial score (nSPS) is 16.5. The summed E-state index contributed by atoms with van der Waals surface area (Å²) in [5.41, 5.74) is 6.19. The van der Waals surface area contributed by atoms with Crippen LogP contribution in [-0.2, 0) is 11.2 Å². The Morgan fingerprint density at radius 3 is 2.62 bits per heavy atom. The van der Waals surface area contributed by atoms with E-state index in [0.29, 0.717) is 13.0 Å². The van der Waals surface area contributed by atoms with Crippen molar-refractivity contribution >= 4 is 23.5 Å². The van der Waals surface area contributed by atoms with Crippen LogP contribution in [0.4, 0.5) is 0 Å². The quantitative estimate of drug-likeness (QED) is 0.316. The molecule has 0 spiro atoms. The molecule has 0 aromatic heterocycles. The van der Waals surface area contributed by atoms with E-state index < -0.39 is 12.1 Å². The largest absolute Gasteiger partial charge is 0.478 e. The van der Waals surface area contributed by atoms with E-state index >= 15 is 0 Å². The van der Waals surface area contributed by atoms with Gasteiger partial charge in [0.25, 0.3) is 0 Å². The standard InChI is InChI=1S/C31H32ClNO4/c1-20-8-15-27(21(2)30(20)32)24-6-3-7-25(19-24)28(34)16-13-26-14-17-29(35)33(26)18-4-5-22-9-11-23(12-10-22)31(36)37/h3,6-13,15-16,19,26,28,34H,4-5,14,17-18H2,1-2H3,(H,36,37)/b16-13+. The molecule has 0 radical (unpaired) electrons. The lowest BCUT2D eigenvalue weighted by molar-refractivity contribution is -0.128. The van der Waals surface area contributed by atoms with Gasteiger partial charge in [-0.05, 0) is 84.7 Å². The molecular weight excluding hydrogens is 486 g/mol. The SMILES string of the molecule is Cc1ccc(-c2cccc(C(O)/C=C/C3CCC(=O)N3CCCc3ccc(C(=O)O)cc3)c2)c(C)c1Cl. The molecule has 0 saturated carbocycles. The van der Waals surface area contributed by atoms with Crippen molar-refractivity contribution in [2.24, 2.45) is 0 Å². The maximum absolute atomic E-state index is 12.5. The number of carboxylic acid groups (broad SMARTS) is 1. The summed E-state index contributed by atoms with van der Waals surface area (Å²) < 4.78 is 0. The van der Waals surface area contributed by atoms with Crippen molar-refractivity contribution in [3.8, 4) is 11.1 Å². The van der Waals surface area contributed by atoms with E-state index in [0.717, 1.165) is 57.7 Å². The molecule has 3 aromatic rings. The molecule has 1 saturated heterocycles. The molecular formula is C31H32ClNO4. The second kappa shape index (κ2) is 11.8. The third-order valence-electron chi connectivity index (χ3n) is 7.07. The van der Waals surface area contributed by atoms with Gasteiger partial charge in [0, 0.05) is 18.0 Å². The number of hydrogen-bond donors (Lipinski definition) is 2. The Morgan fingerprint density at radius 1 is 1.14 bits per heavy atom. The average Bonchev–Trinajstić information content (AvgIpc) is 3.25. The highest BCUT2D eigenvalue weighted by atomic mass is 35.5. The van der Waals surface area contributed by atoms with Gasteiger partial charge in [-0.2, -0.15) is 0 Å². The van der Waals surface area contributed by atoms with E-state index in [-0.39, 0.29) is 17.5 Å². The van der Waals surface area contributed by atoms with Gasteiger partial charge in [-0.25, -0.2) is 4.79 Å². The fraction of sp³-hybridized carbons (Fsp3) is 0.290. The van der Waals surface area contributed by atoms with Crippen molar-refractivity contribution in [3.63, 3.8) is 0 Å². The summed E-state index contributed by atoms with van der Waals surface area (Å²) in [6.07, 6.45) is 5.71. The van der Waals surface area contributed by atoms with E-state index in [9.17, 15) is 14.7 Å². The predicted molar refractivity (Wildman–Crippen MR) is 147 cm³/mol. The minimum Gasteiger partial charge on any atom is -0.478 e. The van der Waals surface area contributed by atoms with E-state index in [1.54, 1.807) is 18.2 Å². The fourth-order valence-electron chi connectivity index (χ4n) is 4.88. The highest BCUT2D eigenvalue weighted by Crippen LogP contribution is 2.32. The van der Waals surface area contributed by atoms with Crippen molar-refractivity contribution < 1.29 is 19.8 Å². The number of carbonyl (C=O) groups is 2. The first-order valence-corrected chi connectivity index (χ1v) is 13.0. The summed E-state index contributed by atoms with van der Waals surface area (Å²) in [6.45, 7) is 4.61. The second-order valence-electron chi connectivity index (χ2n) is 9.62. The van der Waals surface area contributed by atoms with Crippen LogP contribution in [0.2, 0.25) is 5.02 Å². The zero-order valence-electron chi connectivity index (χ0n) is 21.2. The van der Waals surface area contributed by atoms with Gasteiger partial charge in [-0.15, -0.1) is 0 Å². The van der Waals surface area contributed by atoms with Crippen molar-refractivity contribution in [1.82, 2.24) is 4.90 Å². The molecule has 2 N–H and O–H groups in total. The minimum absolute atomic E-state index is 0.0436. The third-order valence-corrected chi connectivity index (χ3v) is 7.66. The van der Waals surface area contributed by atoms with Gasteiger partial charge >= 0.3 is 5.97 Å². The van der Waals surface area contributed by atoms with Gasteiger partial charge in [0.05, 0.1) is 17.7 Å². The van der Waals surface area contributed by atoms with Gasteiger partial charge < -0.3 is 15.1 Å². The van der Waals surface area contributed by atoms with Crippen LogP contribution in [0.3, 0.4) is 0 Å². The molecule has 2 unspecified atom stereocenters. The van der Waals surface area contributed by atoms with Crippen molar-refractivity contribution in [2.45, 2.75) is 51.7 Å². The number of carbonyl (C=O) groups excluding carboxylic acids is 1. The Hall–Kier alpha value is -3.41. The van der Waals surface area contributed by atoms with Gasteiger partial charge in [0.1, 0.15) is 0 Å². The maximum Gasteiger partial charge on any atom is 0.335 e. The summed E-state index contributed by atoms with van der Waals surface area (Å²) >= 11 is 6.46. The average molecular weight is 518 g/mol. The number of aryl methyl sites for hydroxylation is 2. The summed E-state index contributed by atoms with van der Waals surface area (Å²) in [6, 6.07) is 18.7. The number of halogens is 1. The number of carboxylic acids is 1. The lowest BCUT2D eigenvalue weighted by Gasteiger charge is -2.23. The Bertz CT molecular complexity index is 1320. The number of nitrogens with zero attached hydrogens (tertiary/aromatic N) is 1. The van der Waals surface area contributed by atoms with E-state index in [1.165, 1.54) is 0 Å². The Kier molecular flexibility index (Phi) is 8.47. The van der Waals surface area contributed by atoms with E-state index in [1.807, 2.05) is 67.3 Å². The van der Waals surface area contributed by atoms with Gasteiger partial charge in [0.15, 0.2) is 0 Å². The number of aromatic carboxylic acids is 1. The van der Waals surface area contributed by atoms with Crippen LogP contribution in [0.15, 0.2) is 72.8 Å². The summed E-state index contributed by atoms with van der Waals surface area (Å²) in [5.74, 6) is -0.813. The fourth-order valence-corrected chi connectivity index (χ4v) is 5.05. The predicted octanol–water partition coefficient (Wildman–Crippen LogP) is 6.54. The van der Waals surface area contributed by atoms with Crippen LogP contribution in [-0.4, -0.2) is 39.6 Å². The summed E-state index contributed by atoms with van der Waals surface area (Å²) in [4.78, 5) is 25.4. The first-order valence-electron chi connectivity index (χ1n) is 12.6. The van der Waals surface area contributed by atoms with E-state index in [2.05, 4.69) is 6.07 Å². The number of benzene rings is 3. The zero-order valence-corrected chi connectivity index (χ0v) is 21.9. The molecule has 1 fully saturated rings. The topological polar surface area (TPSA) is 77.8 Å². The molecule has 6 heteroatoms. The zero-order chi connectivity index (χ0) is 26.5. The van der Waals surface area contributed by atoms with Gasteiger partial charge in [-0.3, -0.25) is 4.79 Å². The van der Waals surface area contributed by atoms with Crippen LogP contribution in [0.1, 0.15) is 58.0 Å². The molecule has 1 heterocycles. The molecule has 1 aliphatic heterocycles. The Morgan fingerprint density at radius 2 is 1.89 bits per heavy atom. The summed E-state index contributed by atoms with van der Waals surface area (Å²) in [5, 5.41) is 20.7. The third kappa shape index (κ3) is 6.30. The number of aliphatic hydroxyl groups excluding tert-OH is 1. The van der Waals surface area contributed by atoms with Crippen LogP contribution in [0.25, 0.3) is 11.1 Å². The molecule has 0 aliphatic carbocycles. The first kappa shape index (κ1) is 26.6. The molecule has 37 heavy (non-hydrogen) atoms. The molecule has 0 bridgehead atoms. The van der Waals surface area contributed by atoms with Crippen LogP contribution in [0.5, 0.6) is 0 Å².